The number of carbonyl (C=O) groups excluding carboxylic acids is 1. The van der Waals surface area contributed by atoms with Gasteiger partial charge in [0, 0.05) is 6.54 Å². The van der Waals surface area contributed by atoms with Crippen molar-refractivity contribution in [1.29, 1.82) is 5.26 Å². The number of rotatable bonds is 7. The Morgan fingerprint density at radius 1 is 1.06 bits per heavy atom. The zero-order chi connectivity index (χ0) is 24.6. The summed E-state index contributed by atoms with van der Waals surface area (Å²) in [6.45, 7) is 9.48. The Morgan fingerprint density at radius 3 is 2.30 bits per heavy atom. The molecule has 0 aliphatic carbocycles. The largest absolute Gasteiger partial charge is 0.334 e. The van der Waals surface area contributed by atoms with Crippen molar-refractivity contribution in [3.63, 3.8) is 0 Å². The van der Waals surface area contributed by atoms with Crippen molar-refractivity contribution in [3.05, 3.63) is 58.7 Å². The third-order valence-electron chi connectivity index (χ3n) is 6.02. The molecule has 1 aliphatic rings. The van der Waals surface area contributed by atoms with Gasteiger partial charge in [-0.05, 0) is 88.6 Å². The molecule has 2 aromatic carbocycles. The number of benzene rings is 2. The number of carbonyl (C=O) groups is 1. The maximum Gasteiger partial charge on any atom is 0.296 e. The van der Waals surface area contributed by atoms with Crippen LogP contribution in [0.3, 0.4) is 0 Å². The average Bonchev–Trinajstić information content (AvgIpc) is 2.92. The van der Waals surface area contributed by atoms with Crippen molar-refractivity contribution in [2.24, 2.45) is 0 Å². The van der Waals surface area contributed by atoms with Crippen molar-refractivity contribution in [2.45, 2.75) is 51.5 Å². The quantitative estimate of drug-likeness (QED) is 0.333. The fourth-order valence-electron chi connectivity index (χ4n) is 3.76. The molecule has 0 aromatic heterocycles. The second-order valence-electron chi connectivity index (χ2n) is 8.57. The van der Waals surface area contributed by atoms with E-state index in [1.54, 1.807) is 43.0 Å². The smallest absolute Gasteiger partial charge is 0.296 e. The molecule has 0 spiro atoms. The van der Waals surface area contributed by atoms with Crippen LogP contribution in [0.2, 0.25) is 0 Å². The number of amides is 1. The number of anilines is 1. The van der Waals surface area contributed by atoms with Crippen LogP contribution in [0.25, 0.3) is 0 Å². The first-order valence-corrected chi connectivity index (χ1v) is 12.4. The molecule has 0 unspecified atom stereocenters. The second kappa shape index (κ2) is 9.21. The highest BCUT2D eigenvalue weighted by Gasteiger charge is 2.49. The van der Waals surface area contributed by atoms with E-state index in [1.165, 1.54) is 17.0 Å². The number of hydrogen-bond acceptors (Lipinski definition) is 6. The van der Waals surface area contributed by atoms with Crippen LogP contribution in [0.15, 0.2) is 41.3 Å². The third-order valence-corrected chi connectivity index (χ3v) is 7.75. The highest BCUT2D eigenvalue weighted by Crippen LogP contribution is 2.35. The Labute approximate surface area is 200 Å². The maximum atomic E-state index is 13.3. The van der Waals surface area contributed by atoms with Gasteiger partial charge in [-0.15, -0.1) is 0 Å². The lowest BCUT2D eigenvalue weighted by Crippen LogP contribution is -2.44. The number of nitrogens with zero attached hydrogens (tertiary/aromatic N) is 3. The van der Waals surface area contributed by atoms with Crippen LogP contribution in [0.4, 0.5) is 5.69 Å². The Hall–Kier alpha value is -2.80. The Morgan fingerprint density at radius 2 is 1.70 bits per heavy atom. The fourth-order valence-corrected chi connectivity index (χ4v) is 5.20. The van der Waals surface area contributed by atoms with Crippen molar-refractivity contribution in [1.82, 2.24) is 4.90 Å². The van der Waals surface area contributed by atoms with E-state index in [0.717, 1.165) is 16.7 Å². The van der Waals surface area contributed by atoms with Gasteiger partial charge in [0.15, 0.2) is 5.11 Å². The monoisotopic (exact) mass is 485 g/mol. The minimum atomic E-state index is -3.85. The van der Waals surface area contributed by atoms with Gasteiger partial charge in [-0.2, -0.15) is 13.7 Å². The van der Waals surface area contributed by atoms with Crippen LogP contribution in [0.1, 0.15) is 42.5 Å². The SMILES string of the molecule is Cc1ccc(S(=O)(=O)OCCCN2C(=S)N(c3ccc(C#N)c(C)c3C)C(=O)C2(C)C)cc1. The van der Waals surface area contributed by atoms with E-state index in [1.807, 2.05) is 20.8 Å². The molecular weight excluding hydrogens is 458 g/mol. The summed E-state index contributed by atoms with van der Waals surface area (Å²) in [6, 6.07) is 12.0. The summed E-state index contributed by atoms with van der Waals surface area (Å²) in [4.78, 5) is 16.7. The molecule has 1 heterocycles. The van der Waals surface area contributed by atoms with Crippen LogP contribution in [0.5, 0.6) is 0 Å². The van der Waals surface area contributed by atoms with E-state index < -0.39 is 15.7 Å². The summed E-state index contributed by atoms with van der Waals surface area (Å²) < 4.78 is 30.0. The highest BCUT2D eigenvalue weighted by atomic mass is 32.2. The van der Waals surface area contributed by atoms with Crippen LogP contribution < -0.4 is 4.90 Å². The van der Waals surface area contributed by atoms with Gasteiger partial charge >= 0.3 is 0 Å². The van der Waals surface area contributed by atoms with Gasteiger partial charge in [0.05, 0.1) is 28.8 Å². The minimum Gasteiger partial charge on any atom is -0.334 e. The fraction of sp³-hybridized carbons (Fsp3) is 0.375. The second-order valence-corrected chi connectivity index (χ2v) is 10.6. The van der Waals surface area contributed by atoms with E-state index in [0.29, 0.717) is 29.3 Å². The van der Waals surface area contributed by atoms with Crippen LogP contribution in [0, 0.1) is 32.1 Å². The molecule has 1 saturated heterocycles. The Bertz CT molecular complexity index is 1250. The molecule has 0 N–H and O–H groups in total. The van der Waals surface area contributed by atoms with E-state index in [9.17, 15) is 18.5 Å². The third kappa shape index (κ3) is 4.64. The first kappa shape index (κ1) is 24.8. The molecule has 174 valence electrons. The molecule has 2 aromatic rings. The predicted molar refractivity (Wildman–Crippen MR) is 130 cm³/mol. The van der Waals surface area contributed by atoms with Gasteiger partial charge in [-0.25, -0.2) is 0 Å². The summed E-state index contributed by atoms with van der Waals surface area (Å²) in [6.07, 6.45) is 0.362. The van der Waals surface area contributed by atoms with Crippen LogP contribution in [-0.4, -0.2) is 43.0 Å². The summed E-state index contributed by atoms with van der Waals surface area (Å²) in [5.41, 5.74) is 2.88. The minimum absolute atomic E-state index is 0.0331. The summed E-state index contributed by atoms with van der Waals surface area (Å²) in [7, 11) is -3.85. The van der Waals surface area contributed by atoms with E-state index in [2.05, 4.69) is 6.07 Å². The summed E-state index contributed by atoms with van der Waals surface area (Å²) in [5.74, 6) is -0.173. The van der Waals surface area contributed by atoms with E-state index in [4.69, 9.17) is 16.4 Å². The van der Waals surface area contributed by atoms with Crippen molar-refractivity contribution in [2.75, 3.05) is 18.1 Å². The maximum absolute atomic E-state index is 13.3. The van der Waals surface area contributed by atoms with Gasteiger partial charge in [0.1, 0.15) is 5.54 Å². The first-order valence-electron chi connectivity index (χ1n) is 10.5. The van der Waals surface area contributed by atoms with Crippen molar-refractivity contribution in [3.8, 4) is 6.07 Å². The van der Waals surface area contributed by atoms with Crippen molar-refractivity contribution >= 4 is 39.0 Å². The number of thiocarbonyl (C=S) groups is 1. The highest BCUT2D eigenvalue weighted by molar-refractivity contribution is 7.86. The summed E-state index contributed by atoms with van der Waals surface area (Å²) >= 11 is 5.65. The van der Waals surface area contributed by atoms with Gasteiger partial charge in [0.2, 0.25) is 0 Å². The molecule has 0 saturated carbocycles. The Kier molecular flexibility index (Phi) is 6.93. The van der Waals surface area contributed by atoms with Gasteiger partial charge in [0.25, 0.3) is 16.0 Å². The van der Waals surface area contributed by atoms with E-state index >= 15 is 0 Å². The average molecular weight is 486 g/mol. The van der Waals surface area contributed by atoms with E-state index in [-0.39, 0.29) is 17.4 Å². The Balaban J connectivity index is 1.72. The molecule has 1 amide bonds. The lowest BCUT2D eigenvalue weighted by atomic mass is 10.0. The number of hydrogen-bond donors (Lipinski definition) is 0. The normalized spacial score (nSPS) is 15.8. The zero-order valence-corrected chi connectivity index (χ0v) is 21.0. The number of nitriles is 1. The van der Waals surface area contributed by atoms with Gasteiger partial charge < -0.3 is 4.90 Å². The van der Waals surface area contributed by atoms with Crippen molar-refractivity contribution < 1.29 is 17.4 Å². The first-order chi connectivity index (χ1) is 15.4. The molecule has 33 heavy (non-hydrogen) atoms. The molecule has 0 atom stereocenters. The number of aryl methyl sites for hydroxylation is 1. The molecule has 7 nitrogen and oxygen atoms in total. The molecule has 0 radical (unpaired) electrons. The zero-order valence-electron chi connectivity index (χ0n) is 19.4. The summed E-state index contributed by atoms with van der Waals surface area (Å²) in [5, 5.41) is 9.62. The molecule has 0 bridgehead atoms. The standard InChI is InChI=1S/C24H27N3O4S2/c1-16-7-10-20(11-8-16)33(29,30)31-14-6-13-26-23(32)27(22(28)24(26,4)5)21-12-9-19(15-25)17(2)18(21)3/h7-12H,6,13-14H2,1-5H3. The molecular formula is C24H27N3O4S2. The van der Waals surface area contributed by atoms with Crippen LogP contribution >= 0.6 is 12.2 Å². The van der Waals surface area contributed by atoms with Gasteiger partial charge in [-0.3, -0.25) is 13.9 Å². The lowest BCUT2D eigenvalue weighted by molar-refractivity contribution is -0.123. The molecule has 9 heteroatoms. The van der Waals surface area contributed by atoms with Gasteiger partial charge in [-0.1, -0.05) is 17.7 Å². The molecule has 1 fully saturated rings. The van der Waals surface area contributed by atoms with Crippen LogP contribution in [-0.2, 0) is 19.1 Å². The molecule has 1 aliphatic heterocycles. The topological polar surface area (TPSA) is 90.7 Å². The lowest BCUT2D eigenvalue weighted by Gasteiger charge is -2.29. The molecule has 3 rings (SSSR count). The predicted octanol–water partition coefficient (Wildman–Crippen LogP) is 3.99.